The van der Waals surface area contributed by atoms with Gasteiger partial charge < -0.3 is 5.32 Å². The van der Waals surface area contributed by atoms with Crippen LogP contribution in [0.1, 0.15) is 58.8 Å². The molecule has 0 radical (unpaired) electrons. The van der Waals surface area contributed by atoms with E-state index in [2.05, 4.69) is 34.7 Å². The van der Waals surface area contributed by atoms with Gasteiger partial charge in [-0.15, -0.1) is 5.10 Å². The maximum atomic E-state index is 4.10. The zero-order valence-electron chi connectivity index (χ0n) is 13.0. The van der Waals surface area contributed by atoms with Crippen LogP contribution in [0.3, 0.4) is 0 Å². The maximum absolute atomic E-state index is 4.10. The van der Waals surface area contributed by atoms with E-state index < -0.39 is 0 Å². The van der Waals surface area contributed by atoms with Gasteiger partial charge in [-0.3, -0.25) is 0 Å². The van der Waals surface area contributed by atoms with Crippen molar-refractivity contribution in [2.75, 3.05) is 18.8 Å². The number of nitrogens with one attached hydrogen (secondary N) is 1. The number of unbranched alkanes of at least 4 members (excludes halogenated alkanes) is 5. The zero-order chi connectivity index (χ0) is 14.5. The Labute approximate surface area is 127 Å². The first-order chi connectivity index (χ1) is 9.88. The van der Waals surface area contributed by atoms with Gasteiger partial charge in [-0.1, -0.05) is 57.7 Å². The van der Waals surface area contributed by atoms with Crippen LogP contribution in [0.2, 0.25) is 0 Å². The van der Waals surface area contributed by atoms with E-state index in [4.69, 9.17) is 0 Å². The van der Waals surface area contributed by atoms with E-state index in [1.807, 2.05) is 4.68 Å². The summed E-state index contributed by atoms with van der Waals surface area (Å²) in [7, 11) is 0. The SMILES string of the molecule is CCCCCCCCSc1nnnn1CCNCCC. The average Bonchev–Trinajstić information content (AvgIpc) is 2.90. The van der Waals surface area contributed by atoms with Crippen molar-refractivity contribution in [1.82, 2.24) is 25.5 Å². The zero-order valence-corrected chi connectivity index (χ0v) is 13.8. The van der Waals surface area contributed by atoms with Crippen LogP contribution in [0.25, 0.3) is 0 Å². The molecule has 0 bridgehead atoms. The molecule has 5 nitrogen and oxygen atoms in total. The highest BCUT2D eigenvalue weighted by Crippen LogP contribution is 2.16. The molecule has 1 N–H and O–H groups in total. The van der Waals surface area contributed by atoms with Crippen molar-refractivity contribution >= 4 is 11.8 Å². The molecule has 0 aliphatic carbocycles. The van der Waals surface area contributed by atoms with E-state index in [9.17, 15) is 0 Å². The highest BCUT2D eigenvalue weighted by molar-refractivity contribution is 7.99. The van der Waals surface area contributed by atoms with Crippen LogP contribution in [0.4, 0.5) is 0 Å². The first kappa shape index (κ1) is 17.4. The summed E-state index contributed by atoms with van der Waals surface area (Å²) in [5, 5.41) is 16.2. The van der Waals surface area contributed by atoms with Gasteiger partial charge in [0.05, 0.1) is 6.54 Å². The third-order valence-corrected chi connectivity index (χ3v) is 4.20. The van der Waals surface area contributed by atoms with Crippen LogP contribution in [0, 0.1) is 0 Å². The molecule has 20 heavy (non-hydrogen) atoms. The van der Waals surface area contributed by atoms with Crippen LogP contribution in [0.15, 0.2) is 5.16 Å². The molecule has 1 heterocycles. The Kier molecular flexibility index (Phi) is 10.6. The molecule has 116 valence electrons. The number of aromatic nitrogens is 4. The number of rotatable bonds is 13. The molecule has 0 spiro atoms. The summed E-state index contributed by atoms with van der Waals surface area (Å²) >= 11 is 1.78. The number of tetrazole rings is 1. The van der Waals surface area contributed by atoms with Crippen molar-refractivity contribution < 1.29 is 0 Å². The summed E-state index contributed by atoms with van der Waals surface area (Å²) in [6.45, 7) is 7.27. The van der Waals surface area contributed by atoms with Crippen LogP contribution in [-0.4, -0.2) is 39.0 Å². The van der Waals surface area contributed by atoms with Crippen molar-refractivity contribution in [1.29, 1.82) is 0 Å². The van der Waals surface area contributed by atoms with Crippen LogP contribution in [-0.2, 0) is 6.54 Å². The Morgan fingerprint density at radius 2 is 1.80 bits per heavy atom. The largest absolute Gasteiger partial charge is 0.315 e. The lowest BCUT2D eigenvalue weighted by Crippen LogP contribution is -2.21. The van der Waals surface area contributed by atoms with Gasteiger partial charge in [0.1, 0.15) is 0 Å². The lowest BCUT2D eigenvalue weighted by atomic mass is 10.1. The molecule has 6 heteroatoms. The molecule has 0 aliphatic heterocycles. The molecule has 0 aromatic carbocycles. The van der Waals surface area contributed by atoms with Crippen LogP contribution in [0.5, 0.6) is 0 Å². The molecule has 0 saturated heterocycles. The second-order valence-electron chi connectivity index (χ2n) is 5.05. The highest BCUT2D eigenvalue weighted by Gasteiger charge is 2.05. The standard InChI is InChI=1S/C14H29N5S/c1-3-5-6-7-8-9-13-20-14-16-17-18-19(14)12-11-15-10-4-2/h15H,3-13H2,1-2H3. The van der Waals surface area contributed by atoms with Gasteiger partial charge in [-0.25, -0.2) is 4.68 Å². The number of thioether (sulfide) groups is 1. The molecule has 0 fully saturated rings. The number of hydrogen-bond donors (Lipinski definition) is 1. The second kappa shape index (κ2) is 12.1. The Balaban J connectivity index is 2.09. The predicted octanol–water partition coefficient (Wildman–Crippen LogP) is 3.13. The lowest BCUT2D eigenvalue weighted by Gasteiger charge is -2.05. The molecule has 0 amide bonds. The maximum Gasteiger partial charge on any atom is 0.209 e. The Hall–Kier alpha value is -0.620. The van der Waals surface area contributed by atoms with Crippen LogP contribution >= 0.6 is 11.8 Å². The third kappa shape index (κ3) is 7.85. The van der Waals surface area contributed by atoms with Gasteiger partial charge in [0.15, 0.2) is 0 Å². The average molecular weight is 299 g/mol. The van der Waals surface area contributed by atoms with Gasteiger partial charge in [0.2, 0.25) is 5.16 Å². The van der Waals surface area contributed by atoms with E-state index in [0.717, 1.165) is 37.0 Å². The fourth-order valence-corrected chi connectivity index (χ4v) is 2.87. The van der Waals surface area contributed by atoms with Crippen molar-refractivity contribution in [2.45, 2.75) is 70.5 Å². The number of nitrogens with zero attached hydrogens (tertiary/aromatic N) is 4. The van der Waals surface area contributed by atoms with E-state index >= 15 is 0 Å². The lowest BCUT2D eigenvalue weighted by molar-refractivity contribution is 0.510. The fraction of sp³-hybridized carbons (Fsp3) is 0.929. The minimum absolute atomic E-state index is 0.853. The summed E-state index contributed by atoms with van der Waals surface area (Å²) in [4.78, 5) is 0. The molecule has 0 saturated carbocycles. The predicted molar refractivity (Wildman–Crippen MR) is 85.1 cm³/mol. The van der Waals surface area contributed by atoms with Crippen molar-refractivity contribution in [3.63, 3.8) is 0 Å². The van der Waals surface area contributed by atoms with E-state index in [1.165, 1.54) is 38.5 Å². The van der Waals surface area contributed by atoms with E-state index in [-0.39, 0.29) is 0 Å². The molecule has 1 rings (SSSR count). The van der Waals surface area contributed by atoms with Crippen molar-refractivity contribution in [2.24, 2.45) is 0 Å². The van der Waals surface area contributed by atoms with Gasteiger partial charge in [-0.2, -0.15) is 0 Å². The van der Waals surface area contributed by atoms with Crippen LogP contribution < -0.4 is 5.32 Å². The summed E-state index contributed by atoms with van der Waals surface area (Å²) in [5.74, 6) is 1.12. The Bertz CT molecular complexity index is 329. The molecular weight excluding hydrogens is 270 g/mol. The Morgan fingerprint density at radius 1 is 1.00 bits per heavy atom. The number of hydrogen-bond acceptors (Lipinski definition) is 5. The summed E-state index contributed by atoms with van der Waals surface area (Å²) < 4.78 is 1.91. The Morgan fingerprint density at radius 3 is 2.60 bits per heavy atom. The minimum Gasteiger partial charge on any atom is -0.315 e. The molecular formula is C14H29N5S. The molecule has 1 aromatic rings. The topological polar surface area (TPSA) is 55.6 Å². The van der Waals surface area contributed by atoms with Crippen molar-refractivity contribution in [3.05, 3.63) is 0 Å². The monoisotopic (exact) mass is 299 g/mol. The quantitative estimate of drug-likeness (QED) is 0.448. The van der Waals surface area contributed by atoms with E-state index in [0.29, 0.717) is 0 Å². The minimum atomic E-state index is 0.853. The van der Waals surface area contributed by atoms with Gasteiger partial charge in [-0.05, 0) is 29.8 Å². The molecule has 0 unspecified atom stereocenters. The fourth-order valence-electron chi connectivity index (χ4n) is 1.97. The normalized spacial score (nSPS) is 11.1. The third-order valence-electron chi connectivity index (χ3n) is 3.16. The first-order valence-electron chi connectivity index (χ1n) is 7.98. The summed E-state index contributed by atoms with van der Waals surface area (Å²) in [5.41, 5.74) is 0. The van der Waals surface area contributed by atoms with E-state index in [1.54, 1.807) is 11.8 Å². The van der Waals surface area contributed by atoms with Gasteiger partial charge in [0.25, 0.3) is 0 Å². The van der Waals surface area contributed by atoms with Gasteiger partial charge >= 0.3 is 0 Å². The smallest absolute Gasteiger partial charge is 0.209 e. The summed E-state index contributed by atoms with van der Waals surface area (Å²) in [6.07, 6.45) is 9.17. The van der Waals surface area contributed by atoms with Gasteiger partial charge in [0, 0.05) is 12.3 Å². The second-order valence-corrected chi connectivity index (χ2v) is 6.11. The van der Waals surface area contributed by atoms with Crippen molar-refractivity contribution in [3.8, 4) is 0 Å². The molecule has 0 aliphatic rings. The first-order valence-corrected chi connectivity index (χ1v) is 8.96. The molecule has 0 atom stereocenters. The highest BCUT2D eigenvalue weighted by atomic mass is 32.2. The summed E-state index contributed by atoms with van der Waals surface area (Å²) in [6, 6.07) is 0. The molecule has 1 aromatic heterocycles.